The van der Waals surface area contributed by atoms with E-state index in [1.165, 1.54) is 18.3 Å². The zero-order valence-electron chi connectivity index (χ0n) is 18.8. The van der Waals surface area contributed by atoms with Crippen molar-refractivity contribution in [2.45, 2.75) is 31.8 Å². The molecule has 3 N–H and O–H groups in total. The molecule has 0 unspecified atom stereocenters. The maximum absolute atomic E-state index is 14.3. The lowest BCUT2D eigenvalue weighted by atomic mass is 9.97. The summed E-state index contributed by atoms with van der Waals surface area (Å²) in [5.74, 6) is -0.944. The van der Waals surface area contributed by atoms with Crippen LogP contribution in [0.5, 0.6) is 0 Å². The Morgan fingerprint density at radius 2 is 2.15 bits per heavy atom. The number of nitrogens with two attached hydrogens (primary N) is 1. The van der Waals surface area contributed by atoms with Gasteiger partial charge in [0.1, 0.15) is 17.6 Å². The Hall–Kier alpha value is -3.54. The zero-order valence-corrected chi connectivity index (χ0v) is 19.6. The minimum absolute atomic E-state index is 0.0663. The molecule has 2 aromatic heterocycles. The van der Waals surface area contributed by atoms with Gasteiger partial charge in [0.25, 0.3) is 5.91 Å². The normalized spacial score (nSPS) is 18.4. The quantitative estimate of drug-likeness (QED) is 0.568. The summed E-state index contributed by atoms with van der Waals surface area (Å²) in [6, 6.07) is 11.2. The van der Waals surface area contributed by atoms with E-state index in [1.54, 1.807) is 18.3 Å². The monoisotopic (exact) mass is 478 g/mol. The van der Waals surface area contributed by atoms with Gasteiger partial charge in [0, 0.05) is 41.6 Å². The van der Waals surface area contributed by atoms with Crippen molar-refractivity contribution in [3.05, 3.63) is 76.6 Å². The van der Waals surface area contributed by atoms with Crippen molar-refractivity contribution in [2.75, 3.05) is 18.0 Å². The minimum Gasteiger partial charge on any atom is -0.368 e. The number of benzene rings is 1. The predicted molar refractivity (Wildman–Crippen MR) is 129 cm³/mol. The molecule has 9 heteroatoms. The molecule has 4 rings (SSSR count). The van der Waals surface area contributed by atoms with E-state index in [9.17, 15) is 14.4 Å². The Balaban J connectivity index is 1.86. The molecule has 1 amide bonds. The Kier molecular flexibility index (Phi) is 6.51. The van der Waals surface area contributed by atoms with Gasteiger partial charge in [-0.05, 0) is 56.2 Å². The number of nitrogens with zero attached hydrogens (tertiary/aromatic N) is 4. The van der Waals surface area contributed by atoms with Crippen LogP contribution in [0.3, 0.4) is 0 Å². The number of halogens is 2. The SMILES string of the molecule is C[C@H](NC(=O)c1cnc(C#N)c(-c2cc(F)cc(Cl)c2)c1N1CC[C@](C)(N)C1)c1ccccn1. The number of pyridine rings is 2. The molecular formula is C25H24ClFN6O. The third-order valence-electron chi connectivity index (χ3n) is 5.85. The summed E-state index contributed by atoms with van der Waals surface area (Å²) in [5.41, 5.74) is 8.12. The third kappa shape index (κ3) is 4.86. The molecular weight excluding hydrogens is 455 g/mol. The lowest BCUT2D eigenvalue weighted by Crippen LogP contribution is -2.40. The molecule has 0 saturated carbocycles. The number of hydrogen-bond acceptors (Lipinski definition) is 6. The molecule has 7 nitrogen and oxygen atoms in total. The molecule has 1 aliphatic heterocycles. The second kappa shape index (κ2) is 9.37. The molecule has 1 aromatic carbocycles. The van der Waals surface area contributed by atoms with Gasteiger partial charge in [-0.2, -0.15) is 5.26 Å². The molecule has 0 aliphatic carbocycles. The number of aromatic nitrogens is 2. The highest BCUT2D eigenvalue weighted by molar-refractivity contribution is 6.31. The van der Waals surface area contributed by atoms with Gasteiger partial charge in [0.2, 0.25) is 0 Å². The number of amides is 1. The van der Waals surface area contributed by atoms with Gasteiger partial charge in [-0.1, -0.05) is 17.7 Å². The van der Waals surface area contributed by atoms with Crippen molar-refractivity contribution < 1.29 is 9.18 Å². The Bertz CT molecular complexity index is 1250. The van der Waals surface area contributed by atoms with Crippen LogP contribution in [0.2, 0.25) is 5.02 Å². The maximum atomic E-state index is 14.3. The van der Waals surface area contributed by atoms with E-state index in [4.69, 9.17) is 17.3 Å². The van der Waals surface area contributed by atoms with Gasteiger partial charge in [-0.15, -0.1) is 0 Å². The number of carbonyl (C=O) groups excluding carboxylic acids is 1. The smallest absolute Gasteiger partial charge is 0.255 e. The third-order valence-corrected chi connectivity index (χ3v) is 6.07. The van der Waals surface area contributed by atoms with E-state index >= 15 is 0 Å². The average Bonchev–Trinajstić information content (AvgIpc) is 3.17. The first kappa shape index (κ1) is 23.6. The van der Waals surface area contributed by atoms with E-state index in [0.717, 1.165) is 0 Å². The van der Waals surface area contributed by atoms with Crippen LogP contribution in [0.4, 0.5) is 10.1 Å². The molecule has 2 atom stereocenters. The Morgan fingerprint density at radius 3 is 2.76 bits per heavy atom. The highest BCUT2D eigenvalue weighted by atomic mass is 35.5. The van der Waals surface area contributed by atoms with Crippen LogP contribution in [0.1, 0.15) is 48.1 Å². The first-order valence-corrected chi connectivity index (χ1v) is 11.2. The van der Waals surface area contributed by atoms with Crippen molar-refractivity contribution in [1.82, 2.24) is 15.3 Å². The van der Waals surface area contributed by atoms with Crippen LogP contribution in [0, 0.1) is 17.1 Å². The highest BCUT2D eigenvalue weighted by Crippen LogP contribution is 2.40. The maximum Gasteiger partial charge on any atom is 0.255 e. The number of nitriles is 1. The molecule has 0 bridgehead atoms. The van der Waals surface area contributed by atoms with Crippen molar-refractivity contribution in [3.8, 4) is 17.2 Å². The van der Waals surface area contributed by atoms with E-state index < -0.39 is 11.4 Å². The molecule has 0 radical (unpaired) electrons. The van der Waals surface area contributed by atoms with Gasteiger partial charge in [0.15, 0.2) is 0 Å². The molecule has 1 aliphatic rings. The predicted octanol–water partition coefficient (Wildman–Crippen LogP) is 4.23. The molecule has 34 heavy (non-hydrogen) atoms. The highest BCUT2D eigenvalue weighted by Gasteiger charge is 2.35. The van der Waals surface area contributed by atoms with Gasteiger partial charge in [-0.25, -0.2) is 9.37 Å². The fourth-order valence-corrected chi connectivity index (χ4v) is 4.43. The van der Waals surface area contributed by atoms with Crippen LogP contribution in [-0.2, 0) is 0 Å². The lowest BCUT2D eigenvalue weighted by molar-refractivity contribution is 0.0939. The number of carbonyl (C=O) groups is 1. The van der Waals surface area contributed by atoms with Crippen LogP contribution in [-0.4, -0.2) is 34.5 Å². The number of anilines is 1. The first-order chi connectivity index (χ1) is 16.2. The van der Waals surface area contributed by atoms with Crippen LogP contribution >= 0.6 is 11.6 Å². The zero-order chi connectivity index (χ0) is 24.5. The van der Waals surface area contributed by atoms with E-state index in [1.807, 2.05) is 30.9 Å². The van der Waals surface area contributed by atoms with Crippen molar-refractivity contribution >= 4 is 23.2 Å². The van der Waals surface area contributed by atoms with Crippen molar-refractivity contribution in [3.63, 3.8) is 0 Å². The first-order valence-electron chi connectivity index (χ1n) is 10.8. The Labute approximate surface area is 202 Å². The van der Waals surface area contributed by atoms with E-state index in [2.05, 4.69) is 21.4 Å². The summed E-state index contributed by atoms with van der Waals surface area (Å²) >= 11 is 6.13. The van der Waals surface area contributed by atoms with Crippen LogP contribution in [0.15, 0.2) is 48.8 Å². The molecule has 1 saturated heterocycles. The fourth-order valence-electron chi connectivity index (χ4n) is 4.21. The molecule has 0 spiro atoms. The lowest BCUT2D eigenvalue weighted by Gasteiger charge is -2.27. The number of hydrogen-bond donors (Lipinski definition) is 2. The summed E-state index contributed by atoms with van der Waals surface area (Å²) in [6.07, 6.45) is 3.72. The van der Waals surface area contributed by atoms with E-state index in [0.29, 0.717) is 42.0 Å². The second-order valence-corrected chi connectivity index (χ2v) is 9.23. The minimum atomic E-state index is -0.555. The van der Waals surface area contributed by atoms with Crippen LogP contribution in [0.25, 0.3) is 11.1 Å². The summed E-state index contributed by atoms with van der Waals surface area (Å²) in [7, 11) is 0. The standard InChI is InChI=1S/C25H24ClFN6O/c1-15(20-5-3-4-7-30-20)32-24(34)19-13-31-21(12-28)22(16-9-17(26)11-18(27)10-16)23(19)33-8-6-25(2,29)14-33/h3-5,7,9-11,13,15H,6,8,14,29H2,1-2H3,(H,32,34)/t15-,25-/m0/s1. The summed E-state index contributed by atoms with van der Waals surface area (Å²) in [5, 5.41) is 12.9. The van der Waals surface area contributed by atoms with E-state index in [-0.39, 0.29) is 28.2 Å². The van der Waals surface area contributed by atoms with Crippen LogP contribution < -0.4 is 16.0 Å². The summed E-state index contributed by atoms with van der Waals surface area (Å²) in [4.78, 5) is 24.0. The molecule has 3 heterocycles. The van der Waals surface area contributed by atoms with Gasteiger partial charge < -0.3 is 16.0 Å². The van der Waals surface area contributed by atoms with Crippen molar-refractivity contribution in [2.24, 2.45) is 5.73 Å². The van der Waals surface area contributed by atoms with Gasteiger partial charge >= 0.3 is 0 Å². The average molecular weight is 479 g/mol. The second-order valence-electron chi connectivity index (χ2n) is 8.79. The fraction of sp³-hybridized carbons (Fsp3) is 0.280. The molecule has 1 fully saturated rings. The van der Waals surface area contributed by atoms with Gasteiger partial charge in [-0.3, -0.25) is 9.78 Å². The number of rotatable bonds is 5. The summed E-state index contributed by atoms with van der Waals surface area (Å²) < 4.78 is 14.3. The largest absolute Gasteiger partial charge is 0.368 e. The summed E-state index contributed by atoms with van der Waals surface area (Å²) in [6.45, 7) is 4.78. The number of nitrogens with one attached hydrogen (secondary N) is 1. The molecule has 174 valence electrons. The van der Waals surface area contributed by atoms with Gasteiger partial charge in [0.05, 0.1) is 23.0 Å². The Morgan fingerprint density at radius 1 is 1.35 bits per heavy atom. The molecule has 3 aromatic rings. The van der Waals surface area contributed by atoms with Crippen molar-refractivity contribution in [1.29, 1.82) is 5.26 Å². The topological polar surface area (TPSA) is 108 Å².